The average Bonchev–Trinajstić information content (AvgIpc) is 3.25. The van der Waals surface area contributed by atoms with Gasteiger partial charge in [-0.15, -0.1) is 5.10 Å². The van der Waals surface area contributed by atoms with Gasteiger partial charge in [0.2, 0.25) is 0 Å². The van der Waals surface area contributed by atoms with Crippen molar-refractivity contribution in [1.82, 2.24) is 15.5 Å². The second-order valence-electron chi connectivity index (χ2n) is 5.09. The summed E-state index contributed by atoms with van der Waals surface area (Å²) in [4.78, 5) is 11.9. The zero-order valence-corrected chi connectivity index (χ0v) is 12.6. The molecule has 1 aliphatic carbocycles. The lowest BCUT2D eigenvalue weighted by atomic mass is 10.1. The second kappa shape index (κ2) is 6.00. The summed E-state index contributed by atoms with van der Waals surface area (Å²) >= 11 is 12.1. The van der Waals surface area contributed by atoms with E-state index in [2.05, 4.69) is 15.5 Å². The topological polar surface area (TPSA) is 54.9 Å². The van der Waals surface area contributed by atoms with Crippen LogP contribution in [-0.4, -0.2) is 22.6 Å². The van der Waals surface area contributed by atoms with Gasteiger partial charge in [-0.3, -0.25) is 4.79 Å². The average molecular weight is 322 g/mol. The fraction of sp³-hybridized carbons (Fsp3) is 0.267. The molecule has 0 saturated heterocycles. The Labute approximate surface area is 132 Å². The summed E-state index contributed by atoms with van der Waals surface area (Å²) in [6.45, 7) is 0.610. The Morgan fingerprint density at radius 3 is 2.90 bits per heavy atom. The minimum atomic E-state index is -0.198. The third kappa shape index (κ3) is 3.34. The van der Waals surface area contributed by atoms with Crippen molar-refractivity contribution in [2.45, 2.75) is 12.3 Å². The number of benzene rings is 1. The van der Waals surface area contributed by atoms with Crippen LogP contribution in [0.15, 0.2) is 36.5 Å². The minimum absolute atomic E-state index is 0.198. The fourth-order valence-electron chi connectivity index (χ4n) is 2.39. The summed E-state index contributed by atoms with van der Waals surface area (Å²) in [5, 5.41) is 11.7. The van der Waals surface area contributed by atoms with Gasteiger partial charge in [-0.25, -0.2) is 0 Å². The van der Waals surface area contributed by atoms with Gasteiger partial charge in [0.15, 0.2) is 5.69 Å². The third-order valence-corrected chi connectivity index (χ3v) is 4.18. The molecule has 2 aromatic rings. The molecule has 1 aromatic heterocycles. The summed E-state index contributed by atoms with van der Waals surface area (Å²) < 4.78 is 0. The Kier molecular flexibility index (Phi) is 4.08. The van der Waals surface area contributed by atoms with Gasteiger partial charge in [-0.2, -0.15) is 5.10 Å². The van der Waals surface area contributed by atoms with E-state index in [0.29, 0.717) is 34.1 Å². The van der Waals surface area contributed by atoms with Crippen LogP contribution in [0.3, 0.4) is 0 Å². The number of carbonyl (C=O) groups excluding carboxylic acids is 1. The molecule has 21 heavy (non-hydrogen) atoms. The molecule has 108 valence electrons. The minimum Gasteiger partial charge on any atom is -0.350 e. The van der Waals surface area contributed by atoms with Crippen molar-refractivity contribution in [2.75, 3.05) is 6.54 Å². The van der Waals surface area contributed by atoms with Crippen molar-refractivity contribution in [2.24, 2.45) is 5.92 Å². The number of amides is 1. The van der Waals surface area contributed by atoms with E-state index in [4.69, 9.17) is 23.2 Å². The molecule has 4 nitrogen and oxygen atoms in total. The summed E-state index contributed by atoms with van der Waals surface area (Å²) in [7, 11) is 0. The summed E-state index contributed by atoms with van der Waals surface area (Å²) in [6.07, 6.45) is 2.55. The van der Waals surface area contributed by atoms with E-state index in [1.807, 2.05) is 12.1 Å². The van der Waals surface area contributed by atoms with Crippen molar-refractivity contribution in [1.29, 1.82) is 0 Å². The van der Waals surface area contributed by atoms with Gasteiger partial charge in [0.25, 0.3) is 5.91 Å². The molecule has 1 N–H and O–H groups in total. The molecule has 2 atom stereocenters. The molecule has 1 amide bonds. The van der Waals surface area contributed by atoms with Gasteiger partial charge in [0.1, 0.15) is 0 Å². The van der Waals surface area contributed by atoms with Gasteiger partial charge >= 0.3 is 0 Å². The second-order valence-corrected chi connectivity index (χ2v) is 5.93. The van der Waals surface area contributed by atoms with Gasteiger partial charge in [0.05, 0.1) is 0 Å². The van der Waals surface area contributed by atoms with Crippen LogP contribution in [0.2, 0.25) is 10.0 Å². The van der Waals surface area contributed by atoms with Crippen LogP contribution in [-0.2, 0) is 0 Å². The van der Waals surface area contributed by atoms with Crippen molar-refractivity contribution >= 4 is 29.1 Å². The van der Waals surface area contributed by atoms with Crippen LogP contribution >= 0.6 is 23.2 Å². The lowest BCUT2D eigenvalue weighted by Crippen LogP contribution is -2.26. The highest BCUT2D eigenvalue weighted by Gasteiger charge is 2.39. The van der Waals surface area contributed by atoms with Crippen molar-refractivity contribution in [3.05, 3.63) is 57.8 Å². The van der Waals surface area contributed by atoms with Crippen molar-refractivity contribution in [3.8, 4) is 0 Å². The molecule has 0 bridgehead atoms. The quantitative estimate of drug-likeness (QED) is 0.939. The summed E-state index contributed by atoms with van der Waals surface area (Å²) in [6, 6.07) is 8.89. The monoisotopic (exact) mass is 321 g/mol. The molecule has 1 heterocycles. The molecule has 6 heteroatoms. The SMILES string of the molecule is O=C(NC[C@@H]1C[C@H]1c1ccc(Cl)cc1Cl)c1cccnn1. The predicted octanol–water partition coefficient (Wildman–Crippen LogP) is 3.32. The first kappa shape index (κ1) is 14.3. The molecule has 3 rings (SSSR count). The van der Waals surface area contributed by atoms with E-state index in [1.165, 1.54) is 6.20 Å². The van der Waals surface area contributed by atoms with E-state index < -0.39 is 0 Å². The van der Waals surface area contributed by atoms with Gasteiger partial charge < -0.3 is 5.32 Å². The van der Waals surface area contributed by atoms with Crippen LogP contribution in [0.1, 0.15) is 28.4 Å². The molecule has 0 unspecified atom stereocenters. The number of carbonyl (C=O) groups is 1. The van der Waals surface area contributed by atoms with E-state index >= 15 is 0 Å². The maximum absolute atomic E-state index is 11.9. The Morgan fingerprint density at radius 1 is 1.33 bits per heavy atom. The van der Waals surface area contributed by atoms with Crippen molar-refractivity contribution < 1.29 is 4.79 Å². The van der Waals surface area contributed by atoms with Gasteiger partial charge in [-0.1, -0.05) is 29.3 Å². The van der Waals surface area contributed by atoms with E-state index in [-0.39, 0.29) is 5.91 Å². The first-order chi connectivity index (χ1) is 10.1. The number of hydrogen-bond donors (Lipinski definition) is 1. The number of nitrogens with zero attached hydrogens (tertiary/aromatic N) is 2. The standard InChI is InChI=1S/C15H13Cl2N3O/c16-10-3-4-11(13(17)7-10)12-6-9(12)8-18-15(21)14-2-1-5-19-20-14/h1-5,7,9,12H,6,8H2,(H,18,21)/t9-,12+/m0/s1. The first-order valence-corrected chi connectivity index (χ1v) is 7.41. The van der Waals surface area contributed by atoms with Crippen LogP contribution < -0.4 is 5.32 Å². The highest BCUT2D eigenvalue weighted by molar-refractivity contribution is 6.35. The number of aromatic nitrogens is 2. The molecule has 1 aliphatic rings. The molecule has 1 fully saturated rings. The molecule has 1 saturated carbocycles. The van der Waals surface area contributed by atoms with Crippen LogP contribution in [0.5, 0.6) is 0 Å². The zero-order chi connectivity index (χ0) is 14.8. The molecule has 0 spiro atoms. The first-order valence-electron chi connectivity index (χ1n) is 6.66. The fourth-order valence-corrected chi connectivity index (χ4v) is 2.94. The molecule has 1 aromatic carbocycles. The highest BCUT2D eigenvalue weighted by atomic mass is 35.5. The van der Waals surface area contributed by atoms with Gasteiger partial charge in [-0.05, 0) is 48.1 Å². The largest absolute Gasteiger partial charge is 0.350 e. The predicted molar refractivity (Wildman–Crippen MR) is 81.7 cm³/mol. The number of hydrogen-bond acceptors (Lipinski definition) is 3. The van der Waals surface area contributed by atoms with E-state index in [9.17, 15) is 4.79 Å². The number of halogens is 2. The Morgan fingerprint density at radius 2 is 2.19 bits per heavy atom. The van der Waals surface area contributed by atoms with Crippen LogP contribution in [0.4, 0.5) is 0 Å². The Bertz CT molecular complexity index is 663. The Balaban J connectivity index is 1.56. The van der Waals surface area contributed by atoms with E-state index in [1.54, 1.807) is 18.2 Å². The van der Waals surface area contributed by atoms with Crippen molar-refractivity contribution in [3.63, 3.8) is 0 Å². The molecule has 0 radical (unpaired) electrons. The lowest BCUT2D eigenvalue weighted by Gasteiger charge is -2.06. The van der Waals surface area contributed by atoms with Gasteiger partial charge in [0, 0.05) is 22.8 Å². The maximum Gasteiger partial charge on any atom is 0.271 e. The highest BCUT2D eigenvalue weighted by Crippen LogP contribution is 2.49. The lowest BCUT2D eigenvalue weighted by molar-refractivity contribution is 0.0945. The number of rotatable bonds is 4. The summed E-state index contributed by atoms with van der Waals surface area (Å²) in [5.41, 5.74) is 1.43. The van der Waals surface area contributed by atoms with Crippen LogP contribution in [0, 0.1) is 5.92 Å². The zero-order valence-electron chi connectivity index (χ0n) is 11.1. The smallest absolute Gasteiger partial charge is 0.271 e. The maximum atomic E-state index is 11.9. The Hall–Kier alpha value is -1.65. The molecular formula is C15H13Cl2N3O. The van der Waals surface area contributed by atoms with E-state index in [0.717, 1.165) is 12.0 Å². The number of nitrogens with one attached hydrogen (secondary N) is 1. The molecular weight excluding hydrogens is 309 g/mol. The molecule has 0 aliphatic heterocycles. The third-order valence-electron chi connectivity index (χ3n) is 3.61. The van der Waals surface area contributed by atoms with Crippen LogP contribution in [0.25, 0.3) is 0 Å². The normalized spacial score (nSPS) is 20.1. The summed E-state index contributed by atoms with van der Waals surface area (Å²) in [5.74, 6) is 0.595.